The summed E-state index contributed by atoms with van der Waals surface area (Å²) in [7, 11) is 0. The predicted molar refractivity (Wildman–Crippen MR) is 56.0 cm³/mol. The highest BCUT2D eigenvalue weighted by Gasteiger charge is 2.10. The molecule has 0 amide bonds. The predicted octanol–water partition coefficient (Wildman–Crippen LogP) is 2.96. The van der Waals surface area contributed by atoms with Gasteiger partial charge >= 0.3 is 0 Å². The molecule has 0 aliphatic rings. The van der Waals surface area contributed by atoms with Crippen LogP contribution >= 0.6 is 23.2 Å². The van der Waals surface area contributed by atoms with E-state index in [9.17, 15) is 0 Å². The van der Waals surface area contributed by atoms with E-state index < -0.39 is 0 Å². The van der Waals surface area contributed by atoms with Crippen LogP contribution < -0.4 is 5.73 Å². The van der Waals surface area contributed by atoms with E-state index in [4.69, 9.17) is 28.9 Å². The summed E-state index contributed by atoms with van der Waals surface area (Å²) in [6.45, 7) is 3.59. The lowest BCUT2D eigenvalue weighted by molar-refractivity contribution is 0.714. The van der Waals surface area contributed by atoms with Crippen molar-refractivity contribution in [1.29, 1.82) is 0 Å². The molecule has 1 rings (SSSR count). The minimum absolute atomic E-state index is 0.233. The molecule has 1 heterocycles. The quantitative estimate of drug-likeness (QED) is 0.624. The Morgan fingerprint density at radius 3 is 2.85 bits per heavy atom. The molecule has 0 saturated carbocycles. The maximum atomic E-state index is 5.89. The normalized spacial score (nSPS) is 12.5. The molecular formula is C9H10Cl2N2. The Labute approximate surface area is 87.4 Å². The molecule has 0 bridgehead atoms. The van der Waals surface area contributed by atoms with Crippen molar-refractivity contribution in [3.8, 4) is 0 Å². The van der Waals surface area contributed by atoms with Crippen LogP contribution in [0.5, 0.6) is 0 Å². The van der Waals surface area contributed by atoms with Gasteiger partial charge in [-0.1, -0.05) is 29.3 Å². The summed E-state index contributed by atoms with van der Waals surface area (Å²) in [5.74, 6) is 0. The van der Waals surface area contributed by atoms with Crippen LogP contribution in [-0.2, 0) is 0 Å². The minimum Gasteiger partial charge on any atom is -0.322 e. The molecule has 0 spiro atoms. The third-order valence-electron chi connectivity index (χ3n) is 1.61. The van der Waals surface area contributed by atoms with E-state index in [1.165, 1.54) is 0 Å². The Morgan fingerprint density at radius 2 is 2.23 bits per heavy atom. The second kappa shape index (κ2) is 4.61. The third kappa shape index (κ3) is 2.69. The molecule has 0 saturated heterocycles. The number of pyridine rings is 1. The van der Waals surface area contributed by atoms with Gasteiger partial charge in [0.15, 0.2) is 0 Å². The van der Waals surface area contributed by atoms with Gasteiger partial charge in [0, 0.05) is 0 Å². The van der Waals surface area contributed by atoms with Crippen molar-refractivity contribution >= 4 is 23.2 Å². The Balaban J connectivity index is 2.97. The van der Waals surface area contributed by atoms with Crippen molar-refractivity contribution < 1.29 is 0 Å². The molecule has 2 N–H and O–H groups in total. The number of rotatable bonds is 3. The van der Waals surface area contributed by atoms with E-state index in [-0.39, 0.29) is 6.04 Å². The number of aromatic nitrogens is 1. The summed E-state index contributed by atoms with van der Waals surface area (Å²) >= 11 is 11.6. The fourth-order valence-corrected chi connectivity index (χ4v) is 1.38. The topological polar surface area (TPSA) is 38.9 Å². The lowest BCUT2D eigenvalue weighted by Crippen LogP contribution is -2.11. The molecule has 13 heavy (non-hydrogen) atoms. The lowest BCUT2D eigenvalue weighted by atomic mass is 10.1. The summed E-state index contributed by atoms with van der Waals surface area (Å²) in [4.78, 5) is 4.05. The Bertz CT molecular complexity index is 312. The maximum Gasteiger partial charge on any atom is 0.129 e. The molecule has 0 radical (unpaired) electrons. The molecule has 1 atom stereocenters. The second-order valence-corrected chi connectivity index (χ2v) is 3.43. The van der Waals surface area contributed by atoms with Crippen LogP contribution in [0.25, 0.3) is 0 Å². The van der Waals surface area contributed by atoms with Gasteiger partial charge in [0.25, 0.3) is 0 Å². The van der Waals surface area contributed by atoms with E-state index in [1.54, 1.807) is 18.2 Å². The molecule has 0 aromatic carbocycles. The SMILES string of the molecule is C=CC[C@H](N)c1nc(Cl)ccc1Cl. The van der Waals surface area contributed by atoms with Gasteiger partial charge in [-0.15, -0.1) is 6.58 Å². The average molecular weight is 217 g/mol. The van der Waals surface area contributed by atoms with Crippen LogP contribution in [-0.4, -0.2) is 4.98 Å². The van der Waals surface area contributed by atoms with Crippen LogP contribution in [0.1, 0.15) is 18.2 Å². The Hall–Kier alpha value is -0.570. The monoisotopic (exact) mass is 216 g/mol. The zero-order valence-electron chi connectivity index (χ0n) is 7.00. The van der Waals surface area contributed by atoms with Crippen LogP contribution in [0.4, 0.5) is 0 Å². The Kier molecular flexibility index (Phi) is 3.72. The molecule has 0 fully saturated rings. The third-order valence-corrected chi connectivity index (χ3v) is 2.14. The van der Waals surface area contributed by atoms with E-state index >= 15 is 0 Å². The first kappa shape index (κ1) is 10.5. The fourth-order valence-electron chi connectivity index (χ4n) is 0.984. The molecular weight excluding hydrogens is 207 g/mol. The van der Waals surface area contributed by atoms with Crippen LogP contribution in [0.3, 0.4) is 0 Å². The van der Waals surface area contributed by atoms with Crippen molar-refractivity contribution in [1.82, 2.24) is 4.98 Å². The van der Waals surface area contributed by atoms with Gasteiger partial charge in [-0.3, -0.25) is 0 Å². The standard InChI is InChI=1S/C9H10Cl2N2/c1-2-3-7(12)9-6(10)4-5-8(11)13-9/h2,4-5,7H,1,3,12H2/t7-/m0/s1. The smallest absolute Gasteiger partial charge is 0.129 e. The molecule has 4 heteroatoms. The van der Waals surface area contributed by atoms with E-state index in [0.29, 0.717) is 22.3 Å². The highest BCUT2D eigenvalue weighted by molar-refractivity contribution is 6.32. The van der Waals surface area contributed by atoms with Gasteiger partial charge in [-0.05, 0) is 18.6 Å². The van der Waals surface area contributed by atoms with Crippen LogP contribution in [0, 0.1) is 0 Å². The second-order valence-electron chi connectivity index (χ2n) is 2.63. The summed E-state index contributed by atoms with van der Waals surface area (Å²) in [6, 6.07) is 3.09. The summed E-state index contributed by atoms with van der Waals surface area (Å²) in [5, 5.41) is 0.942. The van der Waals surface area contributed by atoms with Crippen molar-refractivity contribution in [2.45, 2.75) is 12.5 Å². The molecule has 0 aliphatic heterocycles. The van der Waals surface area contributed by atoms with E-state index in [1.807, 2.05) is 0 Å². The maximum absolute atomic E-state index is 5.89. The first-order chi connectivity index (χ1) is 6.15. The minimum atomic E-state index is -0.233. The number of hydrogen-bond donors (Lipinski definition) is 1. The van der Waals surface area contributed by atoms with Crippen molar-refractivity contribution in [3.63, 3.8) is 0 Å². The fraction of sp³-hybridized carbons (Fsp3) is 0.222. The van der Waals surface area contributed by atoms with Gasteiger partial charge in [-0.25, -0.2) is 4.98 Å². The highest BCUT2D eigenvalue weighted by Crippen LogP contribution is 2.23. The molecule has 1 aromatic rings. The number of hydrogen-bond acceptors (Lipinski definition) is 2. The lowest BCUT2D eigenvalue weighted by Gasteiger charge is -2.10. The first-order valence-electron chi connectivity index (χ1n) is 3.83. The number of nitrogens with two attached hydrogens (primary N) is 1. The van der Waals surface area contributed by atoms with Gasteiger partial charge in [-0.2, -0.15) is 0 Å². The van der Waals surface area contributed by atoms with Gasteiger partial charge in [0.1, 0.15) is 5.15 Å². The van der Waals surface area contributed by atoms with Gasteiger partial charge in [0.05, 0.1) is 16.8 Å². The van der Waals surface area contributed by atoms with Gasteiger partial charge in [0.2, 0.25) is 0 Å². The van der Waals surface area contributed by atoms with Crippen LogP contribution in [0.2, 0.25) is 10.2 Å². The van der Waals surface area contributed by atoms with Crippen molar-refractivity contribution in [3.05, 3.63) is 40.7 Å². The van der Waals surface area contributed by atoms with E-state index in [2.05, 4.69) is 11.6 Å². The zero-order valence-corrected chi connectivity index (χ0v) is 8.52. The molecule has 1 aromatic heterocycles. The molecule has 0 unspecified atom stereocenters. The Morgan fingerprint density at radius 1 is 1.54 bits per heavy atom. The molecule has 70 valence electrons. The zero-order chi connectivity index (χ0) is 9.84. The molecule has 2 nitrogen and oxygen atoms in total. The van der Waals surface area contributed by atoms with Crippen molar-refractivity contribution in [2.24, 2.45) is 5.73 Å². The van der Waals surface area contributed by atoms with Crippen LogP contribution in [0.15, 0.2) is 24.8 Å². The largest absolute Gasteiger partial charge is 0.322 e. The number of halogens is 2. The summed E-state index contributed by atoms with van der Waals surface area (Å²) < 4.78 is 0. The van der Waals surface area contributed by atoms with E-state index in [0.717, 1.165) is 0 Å². The first-order valence-corrected chi connectivity index (χ1v) is 4.59. The highest BCUT2D eigenvalue weighted by atomic mass is 35.5. The van der Waals surface area contributed by atoms with Crippen molar-refractivity contribution in [2.75, 3.05) is 0 Å². The molecule has 0 aliphatic carbocycles. The number of nitrogens with zero attached hydrogens (tertiary/aromatic N) is 1. The summed E-state index contributed by atoms with van der Waals surface area (Å²) in [6.07, 6.45) is 2.36. The summed E-state index contributed by atoms with van der Waals surface area (Å²) in [5.41, 5.74) is 6.42. The average Bonchev–Trinajstić information content (AvgIpc) is 2.09. The van der Waals surface area contributed by atoms with Gasteiger partial charge < -0.3 is 5.73 Å².